The highest BCUT2D eigenvalue weighted by Gasteiger charge is 2.31. The van der Waals surface area contributed by atoms with Crippen molar-refractivity contribution in [3.8, 4) is 0 Å². The summed E-state index contributed by atoms with van der Waals surface area (Å²) in [5.41, 5.74) is 1.89. The van der Waals surface area contributed by atoms with Gasteiger partial charge in [0.05, 0.1) is 5.51 Å². The fraction of sp³-hybridized carbons (Fsp3) is 0.692. The van der Waals surface area contributed by atoms with E-state index in [1.54, 1.807) is 11.3 Å². The third kappa shape index (κ3) is 3.09. The molecular formula is C13H19N3OS. The fourth-order valence-corrected chi connectivity index (χ4v) is 3.08. The van der Waals surface area contributed by atoms with Gasteiger partial charge in [-0.15, -0.1) is 11.3 Å². The lowest BCUT2D eigenvalue weighted by atomic mass is 10.0. The molecule has 1 aliphatic carbocycles. The van der Waals surface area contributed by atoms with Crippen molar-refractivity contribution in [2.45, 2.75) is 38.3 Å². The summed E-state index contributed by atoms with van der Waals surface area (Å²) < 4.78 is 0. The SMILES string of the molecule is O=C(NC1CCN(Cc2cncs2)CC1)C1CC1. The van der Waals surface area contributed by atoms with Crippen LogP contribution in [0.2, 0.25) is 0 Å². The van der Waals surface area contributed by atoms with Crippen LogP contribution in [0.25, 0.3) is 0 Å². The molecule has 0 radical (unpaired) electrons. The Bertz CT molecular complexity index is 394. The topological polar surface area (TPSA) is 45.2 Å². The van der Waals surface area contributed by atoms with Gasteiger partial charge in [-0.1, -0.05) is 0 Å². The molecule has 1 saturated carbocycles. The first kappa shape index (κ1) is 12.1. The van der Waals surface area contributed by atoms with Crippen molar-refractivity contribution < 1.29 is 4.79 Å². The van der Waals surface area contributed by atoms with Crippen LogP contribution in [0.1, 0.15) is 30.6 Å². The normalized spacial score (nSPS) is 22.0. The molecule has 1 amide bonds. The zero-order valence-electron chi connectivity index (χ0n) is 10.5. The van der Waals surface area contributed by atoms with Gasteiger partial charge in [-0.25, -0.2) is 0 Å². The van der Waals surface area contributed by atoms with Crippen LogP contribution in [0.5, 0.6) is 0 Å². The van der Waals surface area contributed by atoms with Crippen LogP contribution in [0, 0.1) is 5.92 Å². The number of nitrogens with zero attached hydrogens (tertiary/aromatic N) is 2. The van der Waals surface area contributed by atoms with Gasteiger partial charge in [-0.05, 0) is 25.7 Å². The predicted molar refractivity (Wildman–Crippen MR) is 71.3 cm³/mol. The summed E-state index contributed by atoms with van der Waals surface area (Å²) in [7, 11) is 0. The second-order valence-corrected chi connectivity index (χ2v) is 6.27. The van der Waals surface area contributed by atoms with Gasteiger partial charge in [0.25, 0.3) is 0 Å². The molecule has 1 saturated heterocycles. The number of piperidine rings is 1. The highest BCUT2D eigenvalue weighted by atomic mass is 32.1. The molecule has 2 fully saturated rings. The Morgan fingerprint density at radius 3 is 2.78 bits per heavy atom. The number of carbonyl (C=O) groups excluding carboxylic acids is 1. The number of nitrogens with one attached hydrogen (secondary N) is 1. The first-order valence-corrected chi connectivity index (χ1v) is 7.59. The third-order valence-electron chi connectivity index (χ3n) is 3.75. The van der Waals surface area contributed by atoms with Gasteiger partial charge in [0.15, 0.2) is 0 Å². The second-order valence-electron chi connectivity index (χ2n) is 5.30. The van der Waals surface area contributed by atoms with Crippen molar-refractivity contribution in [2.75, 3.05) is 13.1 Å². The maximum absolute atomic E-state index is 11.7. The van der Waals surface area contributed by atoms with E-state index >= 15 is 0 Å². The summed E-state index contributed by atoms with van der Waals surface area (Å²) >= 11 is 1.72. The summed E-state index contributed by atoms with van der Waals surface area (Å²) in [6, 6.07) is 0.399. The summed E-state index contributed by atoms with van der Waals surface area (Å²) in [5, 5.41) is 3.18. The monoisotopic (exact) mass is 265 g/mol. The van der Waals surface area contributed by atoms with Crippen LogP contribution < -0.4 is 5.32 Å². The Morgan fingerprint density at radius 1 is 1.39 bits per heavy atom. The summed E-state index contributed by atoms with van der Waals surface area (Å²) in [6.45, 7) is 3.16. The molecule has 0 unspecified atom stereocenters. The molecule has 0 bridgehead atoms. The molecule has 1 aromatic rings. The summed E-state index contributed by atoms with van der Waals surface area (Å²) in [5.74, 6) is 0.621. The Morgan fingerprint density at radius 2 is 2.17 bits per heavy atom. The van der Waals surface area contributed by atoms with Gasteiger partial charge < -0.3 is 5.32 Å². The minimum Gasteiger partial charge on any atom is -0.353 e. The molecule has 0 aromatic carbocycles. The zero-order valence-corrected chi connectivity index (χ0v) is 11.3. The van der Waals surface area contributed by atoms with E-state index in [1.165, 1.54) is 4.88 Å². The molecule has 1 N–H and O–H groups in total. The van der Waals surface area contributed by atoms with Crippen molar-refractivity contribution in [3.63, 3.8) is 0 Å². The number of likely N-dealkylation sites (tertiary alicyclic amines) is 1. The van der Waals surface area contributed by atoms with E-state index in [0.29, 0.717) is 12.0 Å². The van der Waals surface area contributed by atoms with Crippen LogP contribution in [0.4, 0.5) is 0 Å². The largest absolute Gasteiger partial charge is 0.353 e. The number of hydrogen-bond donors (Lipinski definition) is 1. The number of rotatable bonds is 4. The molecule has 2 heterocycles. The van der Waals surface area contributed by atoms with Gasteiger partial charge in [0.1, 0.15) is 0 Å². The van der Waals surface area contributed by atoms with Crippen molar-refractivity contribution in [1.29, 1.82) is 0 Å². The van der Waals surface area contributed by atoms with Gasteiger partial charge in [0.2, 0.25) is 5.91 Å². The number of hydrogen-bond acceptors (Lipinski definition) is 4. The Labute approximate surface area is 111 Å². The number of amides is 1. The highest BCUT2D eigenvalue weighted by Crippen LogP contribution is 2.29. The Balaban J connectivity index is 1.41. The molecule has 3 rings (SSSR count). The van der Waals surface area contributed by atoms with E-state index in [2.05, 4.69) is 15.2 Å². The number of carbonyl (C=O) groups is 1. The lowest BCUT2D eigenvalue weighted by molar-refractivity contribution is -0.123. The Hall–Kier alpha value is -0.940. The molecule has 18 heavy (non-hydrogen) atoms. The molecule has 0 spiro atoms. The van der Waals surface area contributed by atoms with E-state index in [-0.39, 0.29) is 5.91 Å². The van der Waals surface area contributed by atoms with Crippen LogP contribution in [-0.4, -0.2) is 34.9 Å². The molecule has 1 aromatic heterocycles. The molecule has 5 heteroatoms. The van der Waals surface area contributed by atoms with Crippen LogP contribution in [0.3, 0.4) is 0 Å². The quantitative estimate of drug-likeness (QED) is 0.900. The van der Waals surface area contributed by atoms with Crippen molar-refractivity contribution in [1.82, 2.24) is 15.2 Å². The maximum atomic E-state index is 11.7. The summed E-state index contributed by atoms with van der Waals surface area (Å²) in [4.78, 5) is 19.6. The van der Waals surface area contributed by atoms with Crippen molar-refractivity contribution in [2.24, 2.45) is 5.92 Å². The van der Waals surface area contributed by atoms with Gasteiger partial charge in [0, 0.05) is 42.7 Å². The van der Waals surface area contributed by atoms with E-state index in [4.69, 9.17) is 0 Å². The molecular weight excluding hydrogens is 246 g/mol. The second kappa shape index (κ2) is 5.36. The Kier molecular flexibility index (Phi) is 3.61. The molecule has 0 atom stereocenters. The molecule has 4 nitrogen and oxygen atoms in total. The molecule has 98 valence electrons. The lowest BCUT2D eigenvalue weighted by Gasteiger charge is -2.32. The van der Waals surface area contributed by atoms with E-state index in [0.717, 1.165) is 45.3 Å². The minimum atomic E-state index is 0.288. The predicted octanol–water partition coefficient (Wildman–Crippen LogP) is 1.63. The zero-order chi connectivity index (χ0) is 12.4. The van der Waals surface area contributed by atoms with Crippen LogP contribution in [0.15, 0.2) is 11.7 Å². The van der Waals surface area contributed by atoms with Crippen molar-refractivity contribution in [3.05, 3.63) is 16.6 Å². The van der Waals surface area contributed by atoms with Gasteiger partial charge in [-0.3, -0.25) is 14.7 Å². The van der Waals surface area contributed by atoms with Gasteiger partial charge >= 0.3 is 0 Å². The maximum Gasteiger partial charge on any atom is 0.223 e. The van der Waals surface area contributed by atoms with E-state index < -0.39 is 0 Å². The average Bonchev–Trinajstić information content (AvgIpc) is 3.11. The third-order valence-corrected chi connectivity index (χ3v) is 4.51. The van der Waals surface area contributed by atoms with Crippen LogP contribution in [-0.2, 0) is 11.3 Å². The molecule has 2 aliphatic rings. The van der Waals surface area contributed by atoms with Crippen LogP contribution >= 0.6 is 11.3 Å². The van der Waals surface area contributed by atoms with E-state index in [1.807, 2.05) is 11.7 Å². The number of aromatic nitrogens is 1. The fourth-order valence-electron chi connectivity index (χ4n) is 2.44. The highest BCUT2D eigenvalue weighted by molar-refractivity contribution is 7.09. The van der Waals surface area contributed by atoms with Crippen molar-refractivity contribution >= 4 is 17.2 Å². The van der Waals surface area contributed by atoms with E-state index in [9.17, 15) is 4.79 Å². The molecule has 1 aliphatic heterocycles. The average molecular weight is 265 g/mol. The summed E-state index contributed by atoms with van der Waals surface area (Å²) in [6.07, 6.45) is 6.30. The first-order chi connectivity index (χ1) is 8.81. The van der Waals surface area contributed by atoms with Gasteiger partial charge in [-0.2, -0.15) is 0 Å². The first-order valence-electron chi connectivity index (χ1n) is 6.71. The smallest absolute Gasteiger partial charge is 0.223 e. The standard InChI is InChI=1S/C13H19N3OS/c17-13(10-1-2-10)15-11-3-5-16(6-4-11)8-12-7-14-9-18-12/h7,9-11H,1-6,8H2,(H,15,17). The number of thiazole rings is 1. The lowest BCUT2D eigenvalue weighted by Crippen LogP contribution is -2.44. The minimum absolute atomic E-state index is 0.288.